The topological polar surface area (TPSA) is 0 Å². The molecule has 1 fully saturated rings. The van der Waals surface area contributed by atoms with Gasteiger partial charge in [0.05, 0.1) is 0 Å². The van der Waals surface area contributed by atoms with Crippen molar-refractivity contribution in [2.24, 2.45) is 11.8 Å². The van der Waals surface area contributed by atoms with Gasteiger partial charge in [-0.2, -0.15) is 12.6 Å². The molecule has 0 aromatic carbocycles. The van der Waals surface area contributed by atoms with E-state index in [9.17, 15) is 0 Å². The molecule has 1 aliphatic rings. The molecule has 0 N–H and O–H groups in total. The quantitative estimate of drug-likeness (QED) is 0.497. The molecule has 0 saturated heterocycles. The molecule has 0 heterocycles. The highest BCUT2D eigenvalue weighted by Crippen LogP contribution is 2.33. The second kappa shape index (κ2) is 2.08. The molecule has 0 amide bonds. The average molecular weight is 116 g/mol. The summed E-state index contributed by atoms with van der Waals surface area (Å²) in [6, 6.07) is 0. The lowest BCUT2D eigenvalue weighted by Crippen LogP contribution is -2.23. The number of thiol groups is 1. The fraction of sp³-hybridized carbons (Fsp3) is 1.00. The summed E-state index contributed by atoms with van der Waals surface area (Å²) in [7, 11) is 0. The van der Waals surface area contributed by atoms with Crippen LogP contribution in [-0.4, -0.2) is 5.75 Å². The van der Waals surface area contributed by atoms with E-state index in [-0.39, 0.29) is 0 Å². The van der Waals surface area contributed by atoms with Crippen molar-refractivity contribution in [3.63, 3.8) is 0 Å². The summed E-state index contributed by atoms with van der Waals surface area (Å²) in [4.78, 5) is 0. The highest BCUT2D eigenvalue weighted by Gasteiger charge is 2.24. The lowest BCUT2D eigenvalue weighted by atomic mass is 9.76. The van der Waals surface area contributed by atoms with Crippen LogP contribution in [0.5, 0.6) is 0 Å². The monoisotopic (exact) mass is 116 g/mol. The summed E-state index contributed by atoms with van der Waals surface area (Å²) in [6.45, 7) is 2.31. The SMILES string of the molecule is C[C@H]1CCC1CS. The molecule has 0 aromatic heterocycles. The van der Waals surface area contributed by atoms with Gasteiger partial charge in [-0.25, -0.2) is 0 Å². The maximum Gasteiger partial charge on any atom is -0.00670 e. The Hall–Kier alpha value is 0.350. The largest absolute Gasteiger partial charge is 0.179 e. The Morgan fingerprint density at radius 3 is 2.29 bits per heavy atom. The standard InChI is InChI=1S/C6H12S/c1-5-2-3-6(5)4-7/h5-7H,2-4H2,1H3/t5-,6?/m0/s1. The lowest BCUT2D eigenvalue weighted by molar-refractivity contribution is 0.225. The van der Waals surface area contributed by atoms with Crippen LogP contribution in [0.3, 0.4) is 0 Å². The summed E-state index contributed by atoms with van der Waals surface area (Å²) in [5.74, 6) is 3.02. The first-order chi connectivity index (χ1) is 3.34. The highest BCUT2D eigenvalue weighted by atomic mass is 32.1. The Morgan fingerprint density at radius 2 is 2.29 bits per heavy atom. The summed E-state index contributed by atoms with van der Waals surface area (Å²) in [6.07, 6.45) is 2.86. The molecule has 0 nitrogen and oxygen atoms in total. The van der Waals surface area contributed by atoms with Crippen LogP contribution in [0.1, 0.15) is 19.8 Å². The maximum atomic E-state index is 4.21. The molecule has 42 valence electrons. The molecule has 1 heteroatoms. The highest BCUT2D eigenvalue weighted by molar-refractivity contribution is 7.80. The van der Waals surface area contributed by atoms with E-state index in [0.29, 0.717) is 0 Å². The Kier molecular flexibility index (Phi) is 1.63. The third kappa shape index (κ3) is 0.933. The first-order valence-corrected chi connectivity index (χ1v) is 3.58. The minimum atomic E-state index is 0.948. The van der Waals surface area contributed by atoms with E-state index >= 15 is 0 Å². The zero-order chi connectivity index (χ0) is 5.28. The molecule has 0 bridgehead atoms. The third-order valence-corrected chi connectivity index (χ3v) is 2.50. The maximum absolute atomic E-state index is 4.21. The molecule has 0 aliphatic heterocycles. The fourth-order valence-corrected chi connectivity index (χ4v) is 1.55. The summed E-state index contributed by atoms with van der Waals surface area (Å²) >= 11 is 4.21. The Balaban J connectivity index is 2.16. The molecule has 1 saturated carbocycles. The van der Waals surface area contributed by atoms with Gasteiger partial charge in [-0.05, 0) is 24.0 Å². The van der Waals surface area contributed by atoms with Gasteiger partial charge < -0.3 is 0 Å². The number of hydrogen-bond acceptors (Lipinski definition) is 1. The van der Waals surface area contributed by atoms with Crippen LogP contribution in [0, 0.1) is 11.8 Å². The molecule has 2 atom stereocenters. The van der Waals surface area contributed by atoms with Gasteiger partial charge in [-0.15, -0.1) is 0 Å². The Labute approximate surface area is 50.7 Å². The third-order valence-electron chi connectivity index (χ3n) is 2.03. The van der Waals surface area contributed by atoms with Crippen molar-refractivity contribution in [2.75, 3.05) is 5.75 Å². The smallest absolute Gasteiger partial charge is 0.00670 e. The van der Waals surface area contributed by atoms with Crippen LogP contribution < -0.4 is 0 Å². The molecule has 0 spiro atoms. The summed E-state index contributed by atoms with van der Waals surface area (Å²) in [5.41, 5.74) is 0. The Bertz CT molecular complexity index is 59.2. The van der Waals surface area contributed by atoms with E-state index in [1.165, 1.54) is 12.8 Å². The molecular weight excluding hydrogens is 104 g/mol. The van der Waals surface area contributed by atoms with Gasteiger partial charge >= 0.3 is 0 Å². The average Bonchev–Trinajstić information content (AvgIpc) is 1.65. The minimum Gasteiger partial charge on any atom is -0.179 e. The number of hydrogen-bond donors (Lipinski definition) is 1. The van der Waals surface area contributed by atoms with Crippen LogP contribution in [0.25, 0.3) is 0 Å². The second-order valence-corrected chi connectivity index (χ2v) is 2.86. The Morgan fingerprint density at radius 1 is 1.57 bits per heavy atom. The summed E-state index contributed by atoms with van der Waals surface area (Å²) < 4.78 is 0. The lowest BCUT2D eigenvalue weighted by Gasteiger charge is -2.32. The molecule has 0 aromatic rings. The number of rotatable bonds is 1. The molecule has 7 heavy (non-hydrogen) atoms. The van der Waals surface area contributed by atoms with E-state index < -0.39 is 0 Å². The van der Waals surface area contributed by atoms with Crippen LogP contribution in [0.4, 0.5) is 0 Å². The predicted molar refractivity (Wildman–Crippen MR) is 35.7 cm³/mol. The molecule has 1 unspecified atom stereocenters. The van der Waals surface area contributed by atoms with Gasteiger partial charge in [-0.1, -0.05) is 13.3 Å². The van der Waals surface area contributed by atoms with Crippen molar-refractivity contribution in [3.05, 3.63) is 0 Å². The van der Waals surface area contributed by atoms with Gasteiger partial charge in [0, 0.05) is 0 Å². The predicted octanol–water partition coefficient (Wildman–Crippen LogP) is 1.96. The van der Waals surface area contributed by atoms with Crippen molar-refractivity contribution in [3.8, 4) is 0 Å². The normalized spacial score (nSPS) is 40.3. The van der Waals surface area contributed by atoms with E-state index in [2.05, 4.69) is 19.6 Å². The fourth-order valence-electron chi connectivity index (χ4n) is 1.01. The van der Waals surface area contributed by atoms with Crippen molar-refractivity contribution in [1.82, 2.24) is 0 Å². The van der Waals surface area contributed by atoms with E-state index in [1.807, 2.05) is 0 Å². The van der Waals surface area contributed by atoms with Crippen molar-refractivity contribution < 1.29 is 0 Å². The molecule has 1 rings (SSSR count). The van der Waals surface area contributed by atoms with Gasteiger partial charge in [0.25, 0.3) is 0 Å². The second-order valence-electron chi connectivity index (χ2n) is 2.50. The first kappa shape index (κ1) is 5.49. The van der Waals surface area contributed by atoms with Crippen LogP contribution in [-0.2, 0) is 0 Å². The van der Waals surface area contributed by atoms with Crippen LogP contribution >= 0.6 is 12.6 Å². The molecule has 1 aliphatic carbocycles. The van der Waals surface area contributed by atoms with Crippen molar-refractivity contribution in [2.45, 2.75) is 19.8 Å². The summed E-state index contributed by atoms with van der Waals surface area (Å²) in [5, 5.41) is 0. The van der Waals surface area contributed by atoms with Gasteiger partial charge in [0.15, 0.2) is 0 Å². The van der Waals surface area contributed by atoms with Crippen LogP contribution in [0.2, 0.25) is 0 Å². The van der Waals surface area contributed by atoms with Crippen LogP contribution in [0.15, 0.2) is 0 Å². The first-order valence-electron chi connectivity index (χ1n) is 2.95. The van der Waals surface area contributed by atoms with E-state index in [1.54, 1.807) is 0 Å². The van der Waals surface area contributed by atoms with Crippen molar-refractivity contribution in [1.29, 1.82) is 0 Å². The zero-order valence-electron chi connectivity index (χ0n) is 4.72. The van der Waals surface area contributed by atoms with Gasteiger partial charge in [-0.3, -0.25) is 0 Å². The molecular formula is C6H12S. The minimum absolute atomic E-state index is 0.948. The van der Waals surface area contributed by atoms with E-state index in [4.69, 9.17) is 0 Å². The van der Waals surface area contributed by atoms with Crippen molar-refractivity contribution >= 4 is 12.6 Å². The van der Waals surface area contributed by atoms with Gasteiger partial charge in [0.2, 0.25) is 0 Å². The zero-order valence-corrected chi connectivity index (χ0v) is 5.62. The molecule has 0 radical (unpaired) electrons. The van der Waals surface area contributed by atoms with Gasteiger partial charge in [0.1, 0.15) is 0 Å². The van der Waals surface area contributed by atoms with E-state index in [0.717, 1.165) is 17.6 Å².